The molecule has 0 saturated carbocycles. The lowest BCUT2D eigenvalue weighted by atomic mass is 10.1. The highest BCUT2D eigenvalue weighted by atomic mass is 35.5. The molecule has 0 bridgehead atoms. The molecular formula is C22H21ClFN5O. The predicted molar refractivity (Wildman–Crippen MR) is 117 cm³/mol. The van der Waals surface area contributed by atoms with Crippen molar-refractivity contribution in [2.45, 2.75) is 25.9 Å². The van der Waals surface area contributed by atoms with Crippen molar-refractivity contribution in [2.75, 3.05) is 5.32 Å². The minimum atomic E-state index is -0.999. The zero-order valence-electron chi connectivity index (χ0n) is 16.6. The lowest BCUT2D eigenvalue weighted by Crippen LogP contribution is -2.49. The summed E-state index contributed by atoms with van der Waals surface area (Å²) in [5.41, 5.74) is 7.13. The van der Waals surface area contributed by atoms with E-state index in [-0.39, 0.29) is 18.3 Å². The van der Waals surface area contributed by atoms with E-state index in [4.69, 9.17) is 22.3 Å². The molecule has 8 heteroatoms. The summed E-state index contributed by atoms with van der Waals surface area (Å²) in [4.78, 5) is 18.9. The van der Waals surface area contributed by atoms with Gasteiger partial charge in [-0.25, -0.2) is 9.37 Å². The third kappa shape index (κ3) is 3.94. The van der Waals surface area contributed by atoms with Crippen LogP contribution in [-0.4, -0.2) is 25.9 Å². The zero-order chi connectivity index (χ0) is 21.5. The van der Waals surface area contributed by atoms with Crippen LogP contribution in [0.15, 0.2) is 54.7 Å². The number of imidazole rings is 1. The van der Waals surface area contributed by atoms with E-state index in [1.807, 2.05) is 16.7 Å². The fourth-order valence-electron chi connectivity index (χ4n) is 3.24. The van der Waals surface area contributed by atoms with Crippen LogP contribution in [0.1, 0.15) is 19.7 Å². The van der Waals surface area contributed by atoms with Crippen molar-refractivity contribution >= 4 is 35.2 Å². The van der Waals surface area contributed by atoms with Crippen LogP contribution < -0.4 is 11.1 Å². The van der Waals surface area contributed by atoms with Crippen molar-refractivity contribution in [3.05, 3.63) is 71.4 Å². The van der Waals surface area contributed by atoms with Gasteiger partial charge in [0.15, 0.2) is 0 Å². The van der Waals surface area contributed by atoms with Gasteiger partial charge in [-0.1, -0.05) is 17.7 Å². The number of anilines is 2. The van der Waals surface area contributed by atoms with Gasteiger partial charge in [0.2, 0.25) is 5.91 Å². The Kier molecular flexibility index (Phi) is 5.09. The number of halogens is 2. The molecule has 2 heterocycles. The highest BCUT2D eigenvalue weighted by Crippen LogP contribution is 2.34. The molecule has 0 atom stereocenters. The van der Waals surface area contributed by atoms with Crippen molar-refractivity contribution < 1.29 is 9.18 Å². The van der Waals surface area contributed by atoms with Gasteiger partial charge in [0.05, 0.1) is 12.1 Å². The van der Waals surface area contributed by atoms with Crippen LogP contribution in [0.2, 0.25) is 5.02 Å². The third-order valence-corrected chi connectivity index (χ3v) is 4.94. The summed E-state index contributed by atoms with van der Waals surface area (Å²) < 4.78 is 15.3. The Morgan fingerprint density at radius 3 is 2.60 bits per heavy atom. The van der Waals surface area contributed by atoms with Gasteiger partial charge in [0.1, 0.15) is 23.2 Å². The van der Waals surface area contributed by atoms with Crippen LogP contribution >= 0.6 is 11.6 Å². The molecule has 1 aromatic heterocycles. The van der Waals surface area contributed by atoms with Crippen molar-refractivity contribution in [3.63, 3.8) is 0 Å². The van der Waals surface area contributed by atoms with Crippen molar-refractivity contribution in [2.24, 2.45) is 5.73 Å². The van der Waals surface area contributed by atoms with Gasteiger partial charge in [-0.05, 0) is 56.3 Å². The standard InChI is InChI=1S/C22H21ClFN5O/c1-22(2,25)21(30)28-10-11-29-18(13-28)27-19(14-6-8-16(24)9-7-14)20(29)26-17-5-3-4-15(23)12-17/h3-12,26H,13,25H2,1-2H3. The normalized spacial score (nSPS) is 13.3. The highest BCUT2D eigenvalue weighted by molar-refractivity contribution is 6.30. The number of hydrogen-bond acceptors (Lipinski definition) is 4. The molecule has 3 N–H and O–H groups in total. The molecule has 0 unspecified atom stereocenters. The molecule has 1 aliphatic rings. The monoisotopic (exact) mass is 425 g/mol. The van der Waals surface area contributed by atoms with Gasteiger partial charge in [0, 0.05) is 28.7 Å². The van der Waals surface area contributed by atoms with Crippen molar-refractivity contribution in [3.8, 4) is 11.3 Å². The second-order valence-corrected chi connectivity index (χ2v) is 8.13. The van der Waals surface area contributed by atoms with Gasteiger partial charge in [-0.3, -0.25) is 9.36 Å². The van der Waals surface area contributed by atoms with E-state index >= 15 is 0 Å². The SMILES string of the molecule is CC(C)(N)C(=O)N1C=Cn2c(nc(-c3ccc(F)cc3)c2Nc2cccc(Cl)c2)C1. The number of rotatable bonds is 4. The van der Waals surface area contributed by atoms with Crippen LogP contribution in [0.3, 0.4) is 0 Å². The molecule has 0 spiro atoms. The minimum Gasteiger partial charge on any atom is -0.339 e. The lowest BCUT2D eigenvalue weighted by Gasteiger charge is -2.28. The number of carbonyl (C=O) groups is 1. The Labute approximate surface area is 178 Å². The van der Waals surface area contributed by atoms with E-state index in [2.05, 4.69) is 5.32 Å². The van der Waals surface area contributed by atoms with E-state index in [9.17, 15) is 9.18 Å². The Morgan fingerprint density at radius 1 is 1.20 bits per heavy atom. The number of nitrogens with zero attached hydrogens (tertiary/aromatic N) is 3. The summed E-state index contributed by atoms with van der Waals surface area (Å²) in [7, 11) is 0. The quantitative estimate of drug-likeness (QED) is 0.640. The van der Waals surface area contributed by atoms with Crippen LogP contribution in [-0.2, 0) is 11.3 Å². The number of nitrogens with one attached hydrogen (secondary N) is 1. The van der Waals surface area contributed by atoms with Crippen molar-refractivity contribution in [1.82, 2.24) is 14.5 Å². The van der Waals surface area contributed by atoms with Crippen LogP contribution in [0.25, 0.3) is 17.5 Å². The Balaban J connectivity index is 1.78. The van der Waals surface area contributed by atoms with Crippen molar-refractivity contribution in [1.29, 1.82) is 0 Å². The van der Waals surface area contributed by atoms with Gasteiger partial charge in [-0.15, -0.1) is 0 Å². The second-order valence-electron chi connectivity index (χ2n) is 7.69. The molecule has 0 radical (unpaired) electrons. The summed E-state index contributed by atoms with van der Waals surface area (Å²) >= 11 is 6.13. The molecular weight excluding hydrogens is 405 g/mol. The Bertz CT molecular complexity index is 1130. The minimum absolute atomic E-state index is 0.208. The summed E-state index contributed by atoms with van der Waals surface area (Å²) in [5, 5.41) is 3.95. The van der Waals surface area contributed by atoms with E-state index in [0.29, 0.717) is 22.4 Å². The van der Waals surface area contributed by atoms with Crippen LogP contribution in [0.5, 0.6) is 0 Å². The first-order valence-electron chi connectivity index (χ1n) is 9.40. The topological polar surface area (TPSA) is 76.2 Å². The van der Waals surface area contributed by atoms with E-state index in [1.54, 1.807) is 55.4 Å². The second kappa shape index (κ2) is 7.59. The summed E-state index contributed by atoms with van der Waals surface area (Å²) in [6.45, 7) is 3.60. The summed E-state index contributed by atoms with van der Waals surface area (Å²) in [5.74, 6) is 0.808. The maximum Gasteiger partial charge on any atom is 0.246 e. The summed E-state index contributed by atoms with van der Waals surface area (Å²) in [6.07, 6.45) is 3.44. The first-order valence-corrected chi connectivity index (χ1v) is 9.78. The molecule has 4 rings (SSSR count). The third-order valence-electron chi connectivity index (χ3n) is 4.71. The lowest BCUT2D eigenvalue weighted by molar-refractivity contribution is -0.133. The summed E-state index contributed by atoms with van der Waals surface area (Å²) in [6, 6.07) is 13.4. The molecule has 0 aliphatic carbocycles. The molecule has 2 aromatic carbocycles. The van der Waals surface area contributed by atoms with E-state index < -0.39 is 5.54 Å². The number of fused-ring (bicyclic) bond motifs is 1. The number of aromatic nitrogens is 2. The average molecular weight is 426 g/mol. The molecule has 0 saturated heterocycles. The van der Waals surface area contributed by atoms with Gasteiger partial charge >= 0.3 is 0 Å². The number of hydrogen-bond donors (Lipinski definition) is 2. The first kappa shape index (κ1) is 20.1. The first-order chi connectivity index (χ1) is 14.2. The average Bonchev–Trinajstić information content (AvgIpc) is 3.05. The number of carbonyl (C=O) groups excluding carboxylic acids is 1. The molecule has 1 aliphatic heterocycles. The van der Waals surface area contributed by atoms with Crippen LogP contribution in [0, 0.1) is 5.82 Å². The van der Waals surface area contributed by atoms with E-state index in [0.717, 1.165) is 11.3 Å². The smallest absolute Gasteiger partial charge is 0.246 e. The molecule has 0 fully saturated rings. The fraction of sp³-hybridized carbons (Fsp3) is 0.182. The predicted octanol–water partition coefficient (Wildman–Crippen LogP) is 4.59. The van der Waals surface area contributed by atoms with E-state index in [1.165, 1.54) is 12.1 Å². The number of amides is 1. The fourth-order valence-corrected chi connectivity index (χ4v) is 3.43. The highest BCUT2D eigenvalue weighted by Gasteiger charge is 2.30. The maximum absolute atomic E-state index is 13.4. The van der Waals surface area contributed by atoms with Gasteiger partial charge in [-0.2, -0.15) is 0 Å². The molecule has 1 amide bonds. The van der Waals surface area contributed by atoms with Crippen LogP contribution in [0.4, 0.5) is 15.9 Å². The number of nitrogens with two attached hydrogens (primary N) is 1. The molecule has 6 nitrogen and oxygen atoms in total. The molecule has 30 heavy (non-hydrogen) atoms. The zero-order valence-corrected chi connectivity index (χ0v) is 17.3. The molecule has 3 aromatic rings. The Hall–Kier alpha value is -3.16. The Morgan fingerprint density at radius 2 is 1.93 bits per heavy atom. The van der Waals surface area contributed by atoms with Gasteiger partial charge < -0.3 is 16.0 Å². The maximum atomic E-state index is 13.4. The number of benzene rings is 2. The van der Waals surface area contributed by atoms with Gasteiger partial charge in [0.25, 0.3) is 0 Å². The molecule has 154 valence electrons. The largest absolute Gasteiger partial charge is 0.339 e.